The number of nitrogens with two attached hydrogens (primary N) is 1. The van der Waals surface area contributed by atoms with Crippen LogP contribution in [-0.4, -0.2) is 17.3 Å². The zero-order chi connectivity index (χ0) is 12.4. The van der Waals surface area contributed by atoms with Crippen molar-refractivity contribution in [2.24, 2.45) is 5.73 Å². The first-order chi connectivity index (χ1) is 8.17. The van der Waals surface area contributed by atoms with Gasteiger partial charge in [-0.2, -0.15) is 5.10 Å². The van der Waals surface area contributed by atoms with Crippen molar-refractivity contribution in [1.29, 1.82) is 0 Å². The van der Waals surface area contributed by atoms with E-state index in [0.717, 1.165) is 12.1 Å². The maximum Gasteiger partial charge on any atom is 0.165 e. The molecule has 0 unspecified atom stereocenters. The molecular weight excluding hydrogens is 228 g/mol. The Bertz CT molecular complexity index is 540. The highest BCUT2D eigenvalue weighted by atomic mass is 19.1. The molecule has 0 saturated heterocycles. The lowest BCUT2D eigenvalue weighted by atomic mass is 10.1. The molecule has 0 amide bonds. The zero-order valence-electron chi connectivity index (χ0n) is 9.13. The Kier molecular flexibility index (Phi) is 3.06. The van der Waals surface area contributed by atoms with Gasteiger partial charge in [0.15, 0.2) is 11.6 Å². The van der Waals surface area contributed by atoms with Gasteiger partial charge in [0.25, 0.3) is 0 Å². The summed E-state index contributed by atoms with van der Waals surface area (Å²) in [6.45, 7) is 0.169. The lowest BCUT2D eigenvalue weighted by Gasteiger charge is -2.07. The molecule has 0 spiro atoms. The first-order valence-corrected chi connectivity index (χ1v) is 4.93. The highest BCUT2D eigenvalue weighted by Gasteiger charge is 2.15. The van der Waals surface area contributed by atoms with Crippen molar-refractivity contribution in [2.75, 3.05) is 7.11 Å². The molecule has 6 heteroatoms. The van der Waals surface area contributed by atoms with Gasteiger partial charge >= 0.3 is 0 Å². The van der Waals surface area contributed by atoms with Crippen molar-refractivity contribution < 1.29 is 13.5 Å². The number of aromatic amines is 1. The van der Waals surface area contributed by atoms with Gasteiger partial charge in [-0.3, -0.25) is 5.10 Å². The number of hydrogen-bond donors (Lipinski definition) is 2. The van der Waals surface area contributed by atoms with E-state index in [1.807, 2.05) is 0 Å². The molecule has 2 aromatic rings. The van der Waals surface area contributed by atoms with Crippen LogP contribution in [-0.2, 0) is 6.54 Å². The molecule has 0 bridgehead atoms. The minimum absolute atomic E-state index is 0.109. The van der Waals surface area contributed by atoms with Gasteiger partial charge < -0.3 is 10.5 Å². The van der Waals surface area contributed by atoms with E-state index in [2.05, 4.69) is 10.2 Å². The van der Waals surface area contributed by atoms with E-state index in [-0.39, 0.29) is 17.9 Å². The standard InChI is InChI=1S/C11H11F2N3O/c1-17-11-3-8(12)6(2-9(11)13)7-5-15-16-10(7)4-14/h2-3,5H,4,14H2,1H3,(H,15,16). The van der Waals surface area contributed by atoms with Crippen LogP contribution in [0.25, 0.3) is 11.1 Å². The number of H-pyrrole nitrogens is 1. The molecule has 0 aliphatic rings. The monoisotopic (exact) mass is 239 g/mol. The van der Waals surface area contributed by atoms with Crippen LogP contribution in [0.15, 0.2) is 18.3 Å². The number of hydrogen-bond acceptors (Lipinski definition) is 3. The second kappa shape index (κ2) is 4.50. The molecule has 90 valence electrons. The van der Waals surface area contributed by atoms with Crippen LogP contribution >= 0.6 is 0 Å². The van der Waals surface area contributed by atoms with Gasteiger partial charge in [-0.05, 0) is 6.07 Å². The first kappa shape index (κ1) is 11.5. The minimum atomic E-state index is -0.631. The molecule has 0 fully saturated rings. The number of aromatic nitrogens is 2. The van der Waals surface area contributed by atoms with Crippen LogP contribution in [0.2, 0.25) is 0 Å². The highest BCUT2D eigenvalue weighted by molar-refractivity contribution is 5.66. The molecule has 3 N–H and O–H groups in total. The fraction of sp³-hybridized carbons (Fsp3) is 0.182. The van der Waals surface area contributed by atoms with Gasteiger partial charge in [0.05, 0.1) is 19.0 Å². The summed E-state index contributed by atoms with van der Waals surface area (Å²) >= 11 is 0. The number of ether oxygens (including phenoxy) is 1. The van der Waals surface area contributed by atoms with Crippen LogP contribution in [0.1, 0.15) is 5.69 Å². The third kappa shape index (κ3) is 1.99. The van der Waals surface area contributed by atoms with Gasteiger partial charge in [-0.1, -0.05) is 0 Å². The summed E-state index contributed by atoms with van der Waals surface area (Å²) in [5.41, 5.74) is 6.57. The SMILES string of the molecule is COc1cc(F)c(-c2cn[nH]c2CN)cc1F. The summed E-state index contributed by atoms with van der Waals surface area (Å²) in [6.07, 6.45) is 1.41. The van der Waals surface area contributed by atoms with E-state index >= 15 is 0 Å². The maximum absolute atomic E-state index is 13.8. The first-order valence-electron chi connectivity index (χ1n) is 4.93. The summed E-state index contributed by atoms with van der Waals surface area (Å²) in [5, 5.41) is 6.39. The summed E-state index contributed by atoms with van der Waals surface area (Å²) < 4.78 is 32.0. The van der Waals surface area contributed by atoms with Crippen molar-refractivity contribution in [3.63, 3.8) is 0 Å². The van der Waals surface area contributed by atoms with Crippen LogP contribution in [0, 0.1) is 11.6 Å². The Morgan fingerprint density at radius 3 is 2.71 bits per heavy atom. The molecule has 0 radical (unpaired) electrons. The zero-order valence-corrected chi connectivity index (χ0v) is 9.13. The average Bonchev–Trinajstić information content (AvgIpc) is 2.79. The van der Waals surface area contributed by atoms with E-state index in [1.165, 1.54) is 13.3 Å². The second-order valence-corrected chi connectivity index (χ2v) is 3.43. The molecule has 0 atom stereocenters. The van der Waals surface area contributed by atoms with Crippen LogP contribution in [0.4, 0.5) is 8.78 Å². The third-order valence-electron chi connectivity index (χ3n) is 2.45. The van der Waals surface area contributed by atoms with Crippen LogP contribution in [0.5, 0.6) is 5.75 Å². The predicted molar refractivity (Wildman–Crippen MR) is 58.4 cm³/mol. The minimum Gasteiger partial charge on any atom is -0.494 e. The topological polar surface area (TPSA) is 63.9 Å². The normalized spacial score (nSPS) is 10.6. The van der Waals surface area contributed by atoms with Crippen molar-refractivity contribution in [3.05, 3.63) is 35.7 Å². The van der Waals surface area contributed by atoms with Gasteiger partial charge in [0, 0.05) is 23.7 Å². The summed E-state index contributed by atoms with van der Waals surface area (Å²) in [5.74, 6) is -1.35. The Balaban J connectivity index is 2.56. The average molecular weight is 239 g/mol. The molecule has 2 rings (SSSR count). The van der Waals surface area contributed by atoms with E-state index in [1.54, 1.807) is 0 Å². The fourth-order valence-electron chi connectivity index (χ4n) is 1.59. The molecule has 1 aromatic heterocycles. The van der Waals surface area contributed by atoms with E-state index < -0.39 is 11.6 Å². The lowest BCUT2D eigenvalue weighted by molar-refractivity contribution is 0.383. The molecule has 0 saturated carbocycles. The van der Waals surface area contributed by atoms with Crippen molar-refractivity contribution >= 4 is 0 Å². The predicted octanol–water partition coefficient (Wildman–Crippen LogP) is 1.82. The Morgan fingerprint density at radius 1 is 1.29 bits per heavy atom. The fourth-order valence-corrected chi connectivity index (χ4v) is 1.59. The van der Waals surface area contributed by atoms with Gasteiger partial charge in [0.2, 0.25) is 0 Å². The number of rotatable bonds is 3. The van der Waals surface area contributed by atoms with Crippen molar-refractivity contribution in [2.45, 2.75) is 6.54 Å². The van der Waals surface area contributed by atoms with Crippen LogP contribution in [0.3, 0.4) is 0 Å². The Hall–Kier alpha value is -1.95. The number of halogens is 2. The quantitative estimate of drug-likeness (QED) is 0.858. The molecule has 0 aliphatic heterocycles. The maximum atomic E-state index is 13.8. The van der Waals surface area contributed by atoms with Crippen molar-refractivity contribution in [1.82, 2.24) is 10.2 Å². The van der Waals surface area contributed by atoms with E-state index in [0.29, 0.717) is 11.3 Å². The van der Waals surface area contributed by atoms with E-state index in [4.69, 9.17) is 10.5 Å². The smallest absolute Gasteiger partial charge is 0.165 e. The third-order valence-corrected chi connectivity index (χ3v) is 2.45. The number of methoxy groups -OCH3 is 1. The highest BCUT2D eigenvalue weighted by Crippen LogP contribution is 2.30. The lowest BCUT2D eigenvalue weighted by Crippen LogP contribution is -2.00. The molecule has 1 aromatic carbocycles. The van der Waals surface area contributed by atoms with Gasteiger partial charge in [-0.15, -0.1) is 0 Å². The molecule has 0 aliphatic carbocycles. The van der Waals surface area contributed by atoms with Crippen LogP contribution < -0.4 is 10.5 Å². The molecular formula is C11H11F2N3O. The number of nitrogens with zero attached hydrogens (tertiary/aromatic N) is 1. The number of benzene rings is 1. The number of nitrogens with one attached hydrogen (secondary N) is 1. The summed E-state index contributed by atoms with van der Waals surface area (Å²) in [4.78, 5) is 0. The Labute approximate surface area is 96.4 Å². The summed E-state index contributed by atoms with van der Waals surface area (Å²) in [6, 6.07) is 2.07. The van der Waals surface area contributed by atoms with Gasteiger partial charge in [-0.25, -0.2) is 8.78 Å². The van der Waals surface area contributed by atoms with E-state index in [9.17, 15) is 8.78 Å². The second-order valence-electron chi connectivity index (χ2n) is 3.43. The van der Waals surface area contributed by atoms with Crippen molar-refractivity contribution in [3.8, 4) is 16.9 Å². The molecule has 4 nitrogen and oxygen atoms in total. The summed E-state index contributed by atoms with van der Waals surface area (Å²) in [7, 11) is 1.28. The largest absolute Gasteiger partial charge is 0.494 e. The Morgan fingerprint density at radius 2 is 2.06 bits per heavy atom. The molecule has 17 heavy (non-hydrogen) atoms. The molecule has 1 heterocycles. The van der Waals surface area contributed by atoms with Gasteiger partial charge in [0.1, 0.15) is 5.82 Å².